The monoisotopic (exact) mass is 260 g/mol. The maximum atomic E-state index is 13.3. The molecule has 4 nitrogen and oxygen atoms in total. The van der Waals surface area contributed by atoms with E-state index in [-0.39, 0.29) is 43.5 Å². The van der Waals surface area contributed by atoms with E-state index >= 15 is 0 Å². The van der Waals surface area contributed by atoms with E-state index in [0.29, 0.717) is 19.5 Å². The topological polar surface area (TPSA) is 49.4 Å². The van der Waals surface area contributed by atoms with Gasteiger partial charge >= 0.3 is 0 Å². The average Bonchev–Trinajstić information content (AvgIpc) is 2.43. The summed E-state index contributed by atoms with van der Waals surface area (Å²) in [5.74, 6) is -3.06. The summed E-state index contributed by atoms with van der Waals surface area (Å²) in [6, 6.07) is 0. The molecule has 0 aromatic rings. The highest BCUT2D eigenvalue weighted by molar-refractivity contribution is 5.87. The fourth-order valence-corrected chi connectivity index (χ4v) is 2.67. The minimum Gasteiger partial charge on any atom is -0.347 e. The van der Waals surface area contributed by atoms with Crippen molar-refractivity contribution in [3.63, 3.8) is 0 Å². The third kappa shape index (κ3) is 3.40. The van der Waals surface area contributed by atoms with E-state index in [4.69, 9.17) is 0 Å². The van der Waals surface area contributed by atoms with Gasteiger partial charge < -0.3 is 10.2 Å². The van der Waals surface area contributed by atoms with Crippen molar-refractivity contribution in [1.29, 1.82) is 0 Å². The summed E-state index contributed by atoms with van der Waals surface area (Å²) in [5.41, 5.74) is 0. The van der Waals surface area contributed by atoms with Crippen LogP contribution in [0.25, 0.3) is 0 Å². The van der Waals surface area contributed by atoms with Gasteiger partial charge in [-0.2, -0.15) is 0 Å². The Morgan fingerprint density at radius 2 is 2.17 bits per heavy atom. The zero-order valence-electron chi connectivity index (χ0n) is 10.3. The Hall–Kier alpha value is -1.20. The molecule has 2 fully saturated rings. The van der Waals surface area contributed by atoms with E-state index in [0.717, 1.165) is 6.42 Å². The maximum absolute atomic E-state index is 13.3. The number of halogens is 2. The van der Waals surface area contributed by atoms with Crippen LogP contribution >= 0.6 is 0 Å². The first-order chi connectivity index (χ1) is 8.46. The molecule has 1 N–H and O–H groups in total. The van der Waals surface area contributed by atoms with Crippen molar-refractivity contribution in [1.82, 2.24) is 10.2 Å². The van der Waals surface area contributed by atoms with Gasteiger partial charge in [0.2, 0.25) is 17.7 Å². The second-order valence-electron chi connectivity index (χ2n) is 5.18. The molecule has 1 atom stereocenters. The quantitative estimate of drug-likeness (QED) is 0.810. The molecule has 0 bridgehead atoms. The van der Waals surface area contributed by atoms with Crippen LogP contribution in [-0.4, -0.2) is 42.3 Å². The van der Waals surface area contributed by atoms with Crippen molar-refractivity contribution in [2.75, 3.05) is 19.6 Å². The van der Waals surface area contributed by atoms with E-state index in [9.17, 15) is 18.4 Å². The lowest BCUT2D eigenvalue weighted by Gasteiger charge is -2.32. The summed E-state index contributed by atoms with van der Waals surface area (Å²) in [4.78, 5) is 24.4. The van der Waals surface area contributed by atoms with Gasteiger partial charge in [0, 0.05) is 32.4 Å². The zero-order valence-corrected chi connectivity index (χ0v) is 10.3. The standard InChI is InChI=1S/C12H18F2N2O2/c13-12(14)4-1-2-9(6-12)8-16-5-3-10(17)15-7-11(16)18/h9H,1-8H2,(H,15,17). The molecule has 2 aliphatic rings. The smallest absolute Gasteiger partial charge is 0.248 e. The molecule has 1 saturated carbocycles. The van der Waals surface area contributed by atoms with Crippen molar-refractivity contribution in [2.45, 2.75) is 38.0 Å². The lowest BCUT2D eigenvalue weighted by atomic mass is 9.86. The largest absolute Gasteiger partial charge is 0.347 e. The van der Waals surface area contributed by atoms with Gasteiger partial charge in [0.05, 0.1) is 6.54 Å². The fourth-order valence-electron chi connectivity index (χ4n) is 2.67. The van der Waals surface area contributed by atoms with Gasteiger partial charge in [-0.05, 0) is 18.8 Å². The predicted molar refractivity (Wildman–Crippen MR) is 61.1 cm³/mol. The van der Waals surface area contributed by atoms with E-state index < -0.39 is 5.92 Å². The Labute approximate surface area is 105 Å². The van der Waals surface area contributed by atoms with Gasteiger partial charge in [0.25, 0.3) is 0 Å². The SMILES string of the molecule is O=C1CCN(CC2CCCC(F)(F)C2)C(=O)CN1. The Morgan fingerprint density at radius 1 is 1.39 bits per heavy atom. The number of amides is 2. The van der Waals surface area contributed by atoms with Gasteiger partial charge in [-0.1, -0.05) is 0 Å². The van der Waals surface area contributed by atoms with Crippen LogP contribution in [0.5, 0.6) is 0 Å². The number of alkyl halides is 2. The van der Waals surface area contributed by atoms with Gasteiger partial charge in [-0.3, -0.25) is 9.59 Å². The number of hydrogen-bond donors (Lipinski definition) is 1. The number of nitrogens with zero attached hydrogens (tertiary/aromatic N) is 1. The number of hydrogen-bond acceptors (Lipinski definition) is 2. The van der Waals surface area contributed by atoms with Crippen molar-refractivity contribution >= 4 is 11.8 Å². The molecule has 0 aromatic carbocycles. The summed E-state index contributed by atoms with van der Waals surface area (Å²) in [5, 5.41) is 2.50. The third-order valence-electron chi connectivity index (χ3n) is 3.62. The molecule has 0 radical (unpaired) electrons. The van der Waals surface area contributed by atoms with E-state index in [2.05, 4.69) is 5.32 Å². The summed E-state index contributed by atoms with van der Waals surface area (Å²) in [6.45, 7) is 0.679. The van der Waals surface area contributed by atoms with Crippen LogP contribution in [0.3, 0.4) is 0 Å². The van der Waals surface area contributed by atoms with Crippen LogP contribution in [0.1, 0.15) is 32.1 Å². The van der Waals surface area contributed by atoms with Gasteiger partial charge in [-0.15, -0.1) is 0 Å². The van der Waals surface area contributed by atoms with Crippen LogP contribution in [0, 0.1) is 5.92 Å². The first kappa shape index (κ1) is 13.2. The Morgan fingerprint density at radius 3 is 2.89 bits per heavy atom. The molecule has 0 aromatic heterocycles. The molecule has 1 aliphatic carbocycles. The lowest BCUT2D eigenvalue weighted by Crippen LogP contribution is -2.40. The van der Waals surface area contributed by atoms with Crippen LogP contribution in [0.2, 0.25) is 0 Å². The molecule has 1 unspecified atom stereocenters. The minimum atomic E-state index is -2.59. The Balaban J connectivity index is 1.91. The van der Waals surface area contributed by atoms with Gasteiger partial charge in [0.1, 0.15) is 0 Å². The van der Waals surface area contributed by atoms with Crippen molar-refractivity contribution in [3.8, 4) is 0 Å². The van der Waals surface area contributed by atoms with Gasteiger partial charge in [0.15, 0.2) is 0 Å². The molecule has 6 heteroatoms. The number of carbonyl (C=O) groups excluding carboxylic acids is 2. The highest BCUT2D eigenvalue weighted by Gasteiger charge is 2.37. The molecule has 1 saturated heterocycles. The van der Waals surface area contributed by atoms with E-state index in [1.807, 2.05) is 0 Å². The summed E-state index contributed by atoms with van der Waals surface area (Å²) >= 11 is 0. The Bertz CT molecular complexity index is 347. The first-order valence-corrected chi connectivity index (χ1v) is 6.38. The summed E-state index contributed by atoms with van der Waals surface area (Å²) in [6.07, 6.45) is 1.32. The highest BCUT2D eigenvalue weighted by atomic mass is 19.3. The van der Waals surface area contributed by atoms with E-state index in [1.54, 1.807) is 4.90 Å². The zero-order chi connectivity index (χ0) is 13.2. The highest BCUT2D eigenvalue weighted by Crippen LogP contribution is 2.36. The first-order valence-electron chi connectivity index (χ1n) is 6.38. The van der Waals surface area contributed by atoms with E-state index in [1.165, 1.54) is 0 Å². The molecule has 1 aliphatic heterocycles. The summed E-state index contributed by atoms with van der Waals surface area (Å²) in [7, 11) is 0. The van der Waals surface area contributed by atoms with Crippen molar-refractivity contribution in [2.24, 2.45) is 5.92 Å². The maximum Gasteiger partial charge on any atom is 0.248 e. The number of carbonyl (C=O) groups is 2. The molecular weight excluding hydrogens is 242 g/mol. The number of nitrogens with one attached hydrogen (secondary N) is 1. The minimum absolute atomic E-state index is 0.0120. The number of rotatable bonds is 2. The molecule has 1 heterocycles. The van der Waals surface area contributed by atoms with Crippen LogP contribution in [0.4, 0.5) is 8.78 Å². The van der Waals surface area contributed by atoms with Crippen LogP contribution in [-0.2, 0) is 9.59 Å². The second-order valence-corrected chi connectivity index (χ2v) is 5.18. The molecule has 2 amide bonds. The van der Waals surface area contributed by atoms with Crippen LogP contribution < -0.4 is 5.32 Å². The average molecular weight is 260 g/mol. The van der Waals surface area contributed by atoms with Crippen molar-refractivity contribution < 1.29 is 18.4 Å². The molecule has 2 rings (SSSR count). The van der Waals surface area contributed by atoms with Crippen LogP contribution in [0.15, 0.2) is 0 Å². The molecular formula is C12H18F2N2O2. The third-order valence-corrected chi connectivity index (χ3v) is 3.62. The predicted octanol–water partition coefficient (Wildman–Crippen LogP) is 1.16. The van der Waals surface area contributed by atoms with Gasteiger partial charge in [-0.25, -0.2) is 8.78 Å². The fraction of sp³-hybridized carbons (Fsp3) is 0.833. The molecule has 102 valence electrons. The summed E-state index contributed by atoms with van der Waals surface area (Å²) < 4.78 is 26.6. The normalized spacial score (nSPS) is 28.8. The second kappa shape index (κ2) is 5.20. The lowest BCUT2D eigenvalue weighted by molar-refractivity contribution is -0.131. The Kier molecular flexibility index (Phi) is 3.82. The molecule has 0 spiro atoms. The van der Waals surface area contributed by atoms with Crippen molar-refractivity contribution in [3.05, 3.63) is 0 Å². The molecule has 18 heavy (non-hydrogen) atoms.